The number of morpholine rings is 1. The fraction of sp³-hybridized carbons (Fsp3) is 0.455. The molecule has 2 rings (SSSR count). The Morgan fingerprint density at radius 2 is 2.20 bits per heavy atom. The van der Waals surface area contributed by atoms with E-state index in [2.05, 4.69) is 0 Å². The van der Waals surface area contributed by atoms with Gasteiger partial charge in [0.05, 0.1) is 23.0 Å². The first kappa shape index (κ1) is 14.8. The van der Waals surface area contributed by atoms with Crippen LogP contribution in [0.4, 0.5) is 10.1 Å². The van der Waals surface area contributed by atoms with E-state index in [0.29, 0.717) is 6.07 Å². The zero-order valence-corrected chi connectivity index (χ0v) is 11.5. The lowest BCUT2D eigenvalue weighted by Crippen LogP contribution is -2.46. The fourth-order valence-corrected chi connectivity index (χ4v) is 3.61. The molecule has 1 aromatic rings. The van der Waals surface area contributed by atoms with Gasteiger partial charge in [-0.05, 0) is 13.0 Å². The van der Waals surface area contributed by atoms with Crippen LogP contribution in [-0.2, 0) is 14.8 Å². The molecule has 0 aliphatic carbocycles. The van der Waals surface area contributed by atoms with Gasteiger partial charge in [-0.25, -0.2) is 8.42 Å². The average molecular weight is 304 g/mol. The molecule has 1 heterocycles. The van der Waals surface area contributed by atoms with Crippen molar-refractivity contribution in [3.63, 3.8) is 0 Å². The highest BCUT2D eigenvalue weighted by atomic mass is 32.2. The molecule has 9 heteroatoms. The zero-order valence-electron chi connectivity index (χ0n) is 10.7. The van der Waals surface area contributed by atoms with Gasteiger partial charge in [0.15, 0.2) is 0 Å². The molecule has 0 radical (unpaired) electrons. The van der Waals surface area contributed by atoms with Crippen LogP contribution < -0.4 is 0 Å². The molecule has 7 nitrogen and oxygen atoms in total. The summed E-state index contributed by atoms with van der Waals surface area (Å²) in [6.45, 7) is 2.37. The first-order valence-corrected chi connectivity index (χ1v) is 7.31. The first-order valence-electron chi connectivity index (χ1n) is 5.87. The predicted molar refractivity (Wildman–Crippen MR) is 67.2 cm³/mol. The number of ether oxygens (including phenoxy) is 1. The Labute approximate surface area is 115 Å². The second-order valence-corrected chi connectivity index (χ2v) is 6.30. The summed E-state index contributed by atoms with van der Waals surface area (Å²) in [5.41, 5.74) is -0.751. The maximum atomic E-state index is 13.5. The summed E-state index contributed by atoms with van der Waals surface area (Å²) < 4.78 is 44.6. The smallest absolute Gasteiger partial charge is 0.304 e. The summed E-state index contributed by atoms with van der Waals surface area (Å²) in [5.74, 6) is -1.17. The number of hydrogen-bond donors (Lipinski definition) is 0. The Hall–Kier alpha value is -1.58. The van der Waals surface area contributed by atoms with Gasteiger partial charge in [-0.2, -0.15) is 8.70 Å². The Balaban J connectivity index is 2.39. The Bertz CT molecular complexity index is 634. The van der Waals surface area contributed by atoms with Crippen molar-refractivity contribution < 1.29 is 22.5 Å². The van der Waals surface area contributed by atoms with Crippen LogP contribution in [0.15, 0.2) is 23.1 Å². The zero-order chi connectivity index (χ0) is 14.9. The minimum Gasteiger partial charge on any atom is -0.378 e. The highest BCUT2D eigenvalue weighted by Crippen LogP contribution is 2.25. The van der Waals surface area contributed by atoms with E-state index in [0.717, 1.165) is 12.1 Å². The third-order valence-electron chi connectivity index (χ3n) is 3.03. The molecular weight excluding hydrogens is 291 g/mol. The monoisotopic (exact) mass is 304 g/mol. The Kier molecular flexibility index (Phi) is 4.02. The molecule has 0 bridgehead atoms. The molecule has 110 valence electrons. The number of nitrogens with zero attached hydrogens (tertiary/aromatic N) is 2. The maximum absolute atomic E-state index is 13.5. The summed E-state index contributed by atoms with van der Waals surface area (Å²) in [4.78, 5) is 9.33. The standard InChI is InChI=1S/C11H13FN2O5S/c1-8-7-19-5-4-13(8)20(17,18)9-2-3-11(14(15)16)10(12)6-9/h2-3,6,8H,4-5,7H2,1H3. The number of nitro groups is 1. The summed E-state index contributed by atoms with van der Waals surface area (Å²) >= 11 is 0. The molecular formula is C11H13FN2O5S. The van der Waals surface area contributed by atoms with Crippen molar-refractivity contribution in [3.8, 4) is 0 Å². The van der Waals surface area contributed by atoms with Crippen molar-refractivity contribution in [1.82, 2.24) is 4.31 Å². The van der Waals surface area contributed by atoms with Crippen LogP contribution in [0.1, 0.15) is 6.92 Å². The largest absolute Gasteiger partial charge is 0.378 e. The molecule has 1 unspecified atom stereocenters. The molecule has 1 atom stereocenters. The minimum atomic E-state index is -3.89. The molecule has 20 heavy (non-hydrogen) atoms. The summed E-state index contributed by atoms with van der Waals surface area (Å²) in [6.07, 6.45) is 0. The number of benzene rings is 1. The van der Waals surface area contributed by atoms with Gasteiger partial charge in [0.25, 0.3) is 0 Å². The minimum absolute atomic E-state index is 0.169. The topological polar surface area (TPSA) is 89.8 Å². The highest BCUT2D eigenvalue weighted by Gasteiger charge is 2.32. The lowest BCUT2D eigenvalue weighted by Gasteiger charge is -2.32. The van der Waals surface area contributed by atoms with E-state index in [1.54, 1.807) is 6.92 Å². The van der Waals surface area contributed by atoms with Gasteiger partial charge in [0.1, 0.15) is 0 Å². The van der Waals surface area contributed by atoms with E-state index in [9.17, 15) is 22.9 Å². The van der Waals surface area contributed by atoms with Gasteiger partial charge in [-0.15, -0.1) is 0 Å². The summed E-state index contributed by atoms with van der Waals surface area (Å²) in [5, 5.41) is 10.5. The third kappa shape index (κ3) is 2.65. The van der Waals surface area contributed by atoms with Gasteiger partial charge in [0, 0.05) is 24.7 Å². The van der Waals surface area contributed by atoms with Crippen LogP contribution in [0.5, 0.6) is 0 Å². The average Bonchev–Trinajstić information content (AvgIpc) is 2.38. The van der Waals surface area contributed by atoms with Crippen LogP contribution in [0.2, 0.25) is 0 Å². The van der Waals surface area contributed by atoms with Crippen LogP contribution >= 0.6 is 0 Å². The van der Waals surface area contributed by atoms with Crippen LogP contribution in [-0.4, -0.2) is 43.4 Å². The third-order valence-corrected chi connectivity index (χ3v) is 5.04. The van der Waals surface area contributed by atoms with Crippen molar-refractivity contribution in [3.05, 3.63) is 34.1 Å². The molecule has 0 amide bonds. The first-order chi connectivity index (χ1) is 9.34. The van der Waals surface area contributed by atoms with E-state index < -0.39 is 26.5 Å². The number of halogens is 1. The van der Waals surface area contributed by atoms with Crippen molar-refractivity contribution in [1.29, 1.82) is 0 Å². The van der Waals surface area contributed by atoms with Gasteiger partial charge in [-0.1, -0.05) is 0 Å². The number of rotatable bonds is 3. The predicted octanol–water partition coefficient (Wildman–Crippen LogP) is 1.14. The van der Waals surface area contributed by atoms with Crippen LogP contribution in [0.25, 0.3) is 0 Å². The van der Waals surface area contributed by atoms with Crippen LogP contribution in [0.3, 0.4) is 0 Å². The molecule has 0 N–H and O–H groups in total. The molecule has 0 saturated carbocycles. The lowest BCUT2D eigenvalue weighted by atomic mass is 10.3. The second kappa shape index (κ2) is 5.43. The Morgan fingerprint density at radius 1 is 1.50 bits per heavy atom. The van der Waals surface area contributed by atoms with Crippen molar-refractivity contribution in [2.75, 3.05) is 19.8 Å². The van der Waals surface area contributed by atoms with Crippen LogP contribution in [0, 0.1) is 15.9 Å². The van der Waals surface area contributed by atoms with E-state index in [1.807, 2.05) is 0 Å². The van der Waals surface area contributed by atoms with Gasteiger partial charge in [-0.3, -0.25) is 10.1 Å². The quantitative estimate of drug-likeness (QED) is 0.617. The molecule has 1 aliphatic heterocycles. The lowest BCUT2D eigenvalue weighted by molar-refractivity contribution is -0.387. The Morgan fingerprint density at radius 3 is 2.75 bits per heavy atom. The van der Waals surface area contributed by atoms with Gasteiger partial charge in [0.2, 0.25) is 15.8 Å². The maximum Gasteiger partial charge on any atom is 0.304 e. The SMILES string of the molecule is CC1COCCN1S(=O)(=O)c1ccc([N+](=O)[O-])c(F)c1. The van der Waals surface area contributed by atoms with Crippen molar-refractivity contribution >= 4 is 15.7 Å². The van der Waals surface area contributed by atoms with Crippen molar-refractivity contribution in [2.45, 2.75) is 17.9 Å². The van der Waals surface area contributed by atoms with Gasteiger partial charge >= 0.3 is 5.69 Å². The summed E-state index contributed by atoms with van der Waals surface area (Å²) in [6, 6.07) is 2.20. The van der Waals surface area contributed by atoms with Crippen molar-refractivity contribution in [2.24, 2.45) is 0 Å². The highest BCUT2D eigenvalue weighted by molar-refractivity contribution is 7.89. The number of hydrogen-bond acceptors (Lipinski definition) is 5. The van der Waals surface area contributed by atoms with E-state index in [4.69, 9.17) is 4.74 Å². The molecule has 1 saturated heterocycles. The molecule has 1 aromatic carbocycles. The molecule has 0 aromatic heterocycles. The molecule has 1 aliphatic rings. The fourth-order valence-electron chi connectivity index (χ4n) is 2.00. The molecule has 0 spiro atoms. The molecule has 1 fully saturated rings. The number of sulfonamides is 1. The van der Waals surface area contributed by atoms with E-state index >= 15 is 0 Å². The van der Waals surface area contributed by atoms with E-state index in [1.165, 1.54) is 4.31 Å². The summed E-state index contributed by atoms with van der Waals surface area (Å²) in [7, 11) is -3.89. The normalized spacial score (nSPS) is 20.8. The van der Waals surface area contributed by atoms with E-state index in [-0.39, 0.29) is 30.7 Å². The van der Waals surface area contributed by atoms with Gasteiger partial charge < -0.3 is 4.74 Å². The number of nitro benzene ring substituents is 1. The second-order valence-electron chi connectivity index (χ2n) is 4.41.